The summed E-state index contributed by atoms with van der Waals surface area (Å²) in [4.78, 5) is 5.72. The second kappa shape index (κ2) is 14.7. The van der Waals surface area contributed by atoms with Gasteiger partial charge in [-0.2, -0.15) is 0 Å². The highest BCUT2D eigenvalue weighted by atomic mass is 15.0. The molecule has 0 aliphatic rings. The summed E-state index contributed by atoms with van der Waals surface area (Å²) in [6.45, 7) is 0. The molecule has 5 nitrogen and oxygen atoms in total. The van der Waals surface area contributed by atoms with Crippen molar-refractivity contribution in [2.75, 3.05) is 0 Å². The molecule has 0 unspecified atom stereocenters. The zero-order valence-corrected chi connectivity index (χ0v) is 41.9. The Bertz CT molecular complexity index is 5440. The highest BCUT2D eigenvalue weighted by molar-refractivity contribution is 6.40. The molecule has 78 heavy (non-hydrogen) atoms. The number of nitrogens with zero attached hydrogens (tertiary/aromatic N) is 5. The molecule has 358 valence electrons. The highest BCUT2D eigenvalue weighted by Gasteiger charge is 2.29. The predicted molar refractivity (Wildman–Crippen MR) is 328 cm³/mol. The van der Waals surface area contributed by atoms with Crippen LogP contribution in [-0.2, 0) is 0 Å². The van der Waals surface area contributed by atoms with Gasteiger partial charge < -0.3 is 13.5 Å². The van der Waals surface area contributed by atoms with Crippen LogP contribution in [0, 0.1) is 0 Å². The molecule has 7 aromatic heterocycles. The molecule has 12 aromatic carbocycles. The van der Waals surface area contributed by atoms with Crippen molar-refractivity contribution >= 4 is 141 Å². The fourth-order valence-corrected chi connectivity index (χ4v) is 14.5. The fourth-order valence-electron chi connectivity index (χ4n) is 14.5. The van der Waals surface area contributed by atoms with Crippen LogP contribution >= 0.6 is 0 Å². The molecule has 7 heterocycles. The van der Waals surface area contributed by atoms with E-state index in [0.29, 0.717) is 0 Å². The van der Waals surface area contributed by atoms with Crippen LogP contribution in [0.4, 0.5) is 0 Å². The highest BCUT2D eigenvalue weighted by Crippen LogP contribution is 2.52. The van der Waals surface area contributed by atoms with E-state index in [4.69, 9.17) is 4.98 Å². The number of rotatable bonds is 4. The molecule has 5 heteroatoms. The number of pyridine rings is 1. The van der Waals surface area contributed by atoms with E-state index >= 15 is 0 Å². The molecule has 0 amide bonds. The Kier molecular flexibility index (Phi) is 7.68. The van der Waals surface area contributed by atoms with Gasteiger partial charge in [-0.3, -0.25) is 4.40 Å². The minimum Gasteiger partial charge on any atom is -0.309 e. The number of fused-ring (bicyclic) bond motifs is 23. The summed E-state index contributed by atoms with van der Waals surface area (Å²) in [5, 5.41) is 19.9. The first-order chi connectivity index (χ1) is 38.7. The summed E-state index contributed by atoms with van der Waals surface area (Å²) in [6, 6.07) is 89.9. The second-order valence-corrected chi connectivity index (χ2v) is 21.4. The van der Waals surface area contributed by atoms with Gasteiger partial charge in [0.2, 0.25) is 0 Å². The first kappa shape index (κ1) is 40.8. The monoisotopic (exact) mass is 987 g/mol. The Morgan fingerprint density at radius 2 is 0.692 bits per heavy atom. The van der Waals surface area contributed by atoms with Gasteiger partial charge in [-0.05, 0) is 105 Å². The second-order valence-electron chi connectivity index (χ2n) is 21.4. The third-order valence-corrected chi connectivity index (χ3v) is 17.6. The van der Waals surface area contributed by atoms with Crippen molar-refractivity contribution in [3.63, 3.8) is 0 Å². The molecule has 0 atom stereocenters. The van der Waals surface area contributed by atoms with Gasteiger partial charge in [-0.25, -0.2) is 4.98 Å². The van der Waals surface area contributed by atoms with Gasteiger partial charge in [0.25, 0.3) is 0 Å². The zero-order chi connectivity index (χ0) is 50.5. The van der Waals surface area contributed by atoms with Gasteiger partial charge in [0.15, 0.2) is 0 Å². The van der Waals surface area contributed by atoms with Crippen LogP contribution in [0.2, 0.25) is 0 Å². The van der Waals surface area contributed by atoms with E-state index in [1.165, 1.54) is 153 Å². The molecule has 0 aliphatic carbocycles. The summed E-state index contributed by atoms with van der Waals surface area (Å²) in [7, 11) is 0. The van der Waals surface area contributed by atoms with Gasteiger partial charge in [0.05, 0.1) is 55.8 Å². The molecule has 0 N–H and O–H groups in total. The summed E-state index contributed by atoms with van der Waals surface area (Å²) < 4.78 is 9.89. The van der Waals surface area contributed by atoms with Crippen molar-refractivity contribution < 1.29 is 0 Å². The number of hydrogen-bond donors (Lipinski definition) is 0. The minimum absolute atomic E-state index is 0.977. The van der Waals surface area contributed by atoms with Crippen LogP contribution in [0.15, 0.2) is 249 Å². The average Bonchev–Trinajstić information content (AvgIpc) is 3.41. The lowest BCUT2D eigenvalue weighted by Gasteiger charge is -2.10. The van der Waals surface area contributed by atoms with E-state index in [9.17, 15) is 0 Å². The Morgan fingerprint density at radius 1 is 0.256 bits per heavy atom. The summed E-state index contributed by atoms with van der Waals surface area (Å²) >= 11 is 0. The van der Waals surface area contributed by atoms with Crippen molar-refractivity contribution in [1.29, 1.82) is 0 Å². The molecule has 0 saturated carbocycles. The summed E-state index contributed by atoms with van der Waals surface area (Å²) in [6.07, 6.45) is 2.18. The Balaban J connectivity index is 0.935. The van der Waals surface area contributed by atoms with E-state index in [1.54, 1.807) is 0 Å². The summed E-state index contributed by atoms with van der Waals surface area (Å²) in [5.41, 5.74) is 18.8. The first-order valence-corrected chi connectivity index (χ1v) is 27.0. The van der Waals surface area contributed by atoms with Crippen molar-refractivity contribution in [3.05, 3.63) is 249 Å². The maximum atomic E-state index is 5.72. The summed E-state index contributed by atoms with van der Waals surface area (Å²) in [5.74, 6) is 0. The molecule has 19 rings (SSSR count). The van der Waals surface area contributed by atoms with E-state index in [1.807, 2.05) is 0 Å². The maximum Gasteiger partial charge on any atom is 0.146 e. The van der Waals surface area contributed by atoms with E-state index in [2.05, 4.69) is 267 Å². The largest absolute Gasteiger partial charge is 0.309 e. The van der Waals surface area contributed by atoms with Crippen molar-refractivity contribution in [2.45, 2.75) is 0 Å². The Morgan fingerprint density at radius 3 is 1.24 bits per heavy atom. The van der Waals surface area contributed by atoms with Crippen molar-refractivity contribution in [2.24, 2.45) is 0 Å². The molecule has 0 saturated heterocycles. The number of para-hydroxylation sites is 6. The lowest BCUT2D eigenvalue weighted by atomic mass is 9.95. The quantitative estimate of drug-likeness (QED) is 0.173. The van der Waals surface area contributed by atoms with Crippen LogP contribution in [0.5, 0.6) is 0 Å². The third kappa shape index (κ3) is 5.04. The Labute approximate surface area is 444 Å². The number of aromatic nitrogens is 5. The van der Waals surface area contributed by atoms with E-state index in [0.717, 1.165) is 22.5 Å². The van der Waals surface area contributed by atoms with Crippen LogP contribution < -0.4 is 0 Å². The molecule has 0 spiro atoms. The van der Waals surface area contributed by atoms with Gasteiger partial charge >= 0.3 is 0 Å². The predicted octanol–water partition coefficient (Wildman–Crippen LogP) is 19.2. The van der Waals surface area contributed by atoms with Gasteiger partial charge in [0, 0.05) is 87.1 Å². The van der Waals surface area contributed by atoms with Crippen molar-refractivity contribution in [3.8, 4) is 33.6 Å². The van der Waals surface area contributed by atoms with Crippen LogP contribution in [0.25, 0.3) is 175 Å². The number of hydrogen-bond acceptors (Lipinski definition) is 1. The minimum atomic E-state index is 0.977. The van der Waals surface area contributed by atoms with Crippen LogP contribution in [0.3, 0.4) is 0 Å². The molecule has 0 aliphatic heterocycles. The normalized spacial score (nSPS) is 12.6. The van der Waals surface area contributed by atoms with Crippen LogP contribution in [-0.4, -0.2) is 22.9 Å². The molecule has 0 bridgehead atoms. The van der Waals surface area contributed by atoms with E-state index < -0.39 is 0 Å². The topological polar surface area (TPSA) is 31.6 Å². The fraction of sp³-hybridized carbons (Fsp3) is 0. The van der Waals surface area contributed by atoms with Crippen LogP contribution in [0.1, 0.15) is 0 Å². The maximum absolute atomic E-state index is 5.72. The first-order valence-electron chi connectivity index (χ1n) is 27.0. The molecule has 0 fully saturated rings. The van der Waals surface area contributed by atoms with E-state index in [-0.39, 0.29) is 0 Å². The number of benzene rings is 12. The third-order valence-electron chi connectivity index (χ3n) is 17.6. The average molecular weight is 988 g/mol. The molecular formula is C73H41N5. The van der Waals surface area contributed by atoms with Crippen molar-refractivity contribution in [1.82, 2.24) is 22.9 Å². The molecule has 0 radical (unpaired) electrons. The lowest BCUT2D eigenvalue weighted by Crippen LogP contribution is -1.93. The van der Waals surface area contributed by atoms with Gasteiger partial charge in [-0.15, -0.1) is 0 Å². The standard InChI is InChI=1S/C73H41N5/c1-3-19-46(20-4-1)75-60-31-13-11-25-52(60)56-37-44(33-35-62(56)75)50-27-15-29-54-65-48-23-9-7-17-42(48)39-58-67-64(77(69(50)54)71(58)65)41-74-73-68(67)59-40-43-18-8-10-24-49(43)66-55-30-16-28-51(70(55)78(73)72(59)66)45-34-36-63-57(38-45)53-26-12-14-32-61(53)76(63)47-21-5-2-6-22-47/h1-41H. The molecule has 19 aromatic rings. The van der Waals surface area contributed by atoms with Gasteiger partial charge in [0.1, 0.15) is 5.65 Å². The smallest absolute Gasteiger partial charge is 0.146 e. The zero-order valence-electron chi connectivity index (χ0n) is 41.9. The lowest BCUT2D eigenvalue weighted by molar-refractivity contribution is 1.18. The SMILES string of the molecule is c1ccc(-n2c3ccccc3c3cc(-c4cccc5c6c7ccccc7cc7c8c9c%10cc%11ccccc%11c%11c%12cccc(-c%13ccc%14c(c%13)c%13ccccc%13n%14-c%13ccccc%13)c%12n(c9ncc8n(c45)c76)c%10%11)ccc32)cc1. The van der Waals surface area contributed by atoms with Gasteiger partial charge in [-0.1, -0.05) is 170 Å². The Hall–Kier alpha value is -10.5. The molecular weight excluding hydrogens is 947 g/mol.